The van der Waals surface area contributed by atoms with E-state index in [4.69, 9.17) is 4.74 Å². The Labute approximate surface area is 108 Å². The van der Waals surface area contributed by atoms with E-state index in [1.165, 1.54) is 16.7 Å². The van der Waals surface area contributed by atoms with Crippen LogP contribution in [0.3, 0.4) is 0 Å². The lowest BCUT2D eigenvalue weighted by molar-refractivity contribution is 0.0729. The van der Waals surface area contributed by atoms with E-state index in [1.807, 2.05) is 12.1 Å². The molecule has 0 saturated heterocycles. The van der Waals surface area contributed by atoms with E-state index >= 15 is 0 Å². The van der Waals surface area contributed by atoms with Gasteiger partial charge in [0.1, 0.15) is 0 Å². The van der Waals surface area contributed by atoms with Gasteiger partial charge in [0.05, 0.1) is 12.7 Å². The standard InChI is InChI=1S/C17H16O/c1-3-7-14(8-4-1)16-11-12-17(18-13-16)15-9-5-2-6-10-15/h1-11,17H,12-13H2. The molecule has 0 spiro atoms. The van der Waals surface area contributed by atoms with Crippen molar-refractivity contribution in [2.75, 3.05) is 6.61 Å². The quantitative estimate of drug-likeness (QED) is 0.758. The molecule has 1 aliphatic rings. The third-order valence-electron chi connectivity index (χ3n) is 3.33. The third-order valence-corrected chi connectivity index (χ3v) is 3.33. The SMILES string of the molecule is C1=C(c2ccccc2)COC(c2ccccc2)C1. The summed E-state index contributed by atoms with van der Waals surface area (Å²) in [7, 11) is 0. The van der Waals surface area contributed by atoms with E-state index in [9.17, 15) is 0 Å². The van der Waals surface area contributed by atoms with Crippen molar-refractivity contribution in [1.29, 1.82) is 0 Å². The van der Waals surface area contributed by atoms with Crippen molar-refractivity contribution in [1.82, 2.24) is 0 Å². The maximum absolute atomic E-state index is 5.96. The Bertz CT molecular complexity index is 528. The monoisotopic (exact) mass is 236 g/mol. The van der Waals surface area contributed by atoms with Gasteiger partial charge < -0.3 is 4.74 Å². The first-order valence-corrected chi connectivity index (χ1v) is 6.34. The summed E-state index contributed by atoms with van der Waals surface area (Å²) in [4.78, 5) is 0. The fraction of sp³-hybridized carbons (Fsp3) is 0.176. The van der Waals surface area contributed by atoms with Gasteiger partial charge in [0.2, 0.25) is 0 Å². The molecule has 0 aromatic heterocycles. The molecular formula is C17H16O. The van der Waals surface area contributed by atoms with Crippen LogP contribution in [0.1, 0.15) is 23.7 Å². The maximum atomic E-state index is 5.96. The van der Waals surface area contributed by atoms with Crippen LogP contribution in [0, 0.1) is 0 Å². The number of hydrogen-bond acceptors (Lipinski definition) is 1. The third kappa shape index (κ3) is 2.36. The molecule has 1 aliphatic heterocycles. The highest BCUT2D eigenvalue weighted by Gasteiger charge is 2.16. The number of benzene rings is 2. The highest BCUT2D eigenvalue weighted by atomic mass is 16.5. The molecular weight excluding hydrogens is 220 g/mol. The van der Waals surface area contributed by atoms with E-state index in [0.717, 1.165) is 6.42 Å². The van der Waals surface area contributed by atoms with Crippen LogP contribution in [0.25, 0.3) is 5.57 Å². The van der Waals surface area contributed by atoms with Crippen LogP contribution in [0.15, 0.2) is 66.7 Å². The minimum Gasteiger partial charge on any atom is -0.369 e. The fourth-order valence-corrected chi connectivity index (χ4v) is 2.32. The minimum atomic E-state index is 0.207. The second-order valence-corrected chi connectivity index (χ2v) is 4.54. The van der Waals surface area contributed by atoms with E-state index in [0.29, 0.717) is 6.61 Å². The number of hydrogen-bond donors (Lipinski definition) is 0. The molecule has 0 fully saturated rings. The van der Waals surface area contributed by atoms with Crippen LogP contribution in [0.4, 0.5) is 0 Å². The zero-order valence-corrected chi connectivity index (χ0v) is 10.3. The summed E-state index contributed by atoms with van der Waals surface area (Å²) >= 11 is 0. The average Bonchev–Trinajstić information content (AvgIpc) is 2.49. The Hall–Kier alpha value is -1.86. The second kappa shape index (κ2) is 5.19. The van der Waals surface area contributed by atoms with Crippen molar-refractivity contribution in [3.8, 4) is 0 Å². The van der Waals surface area contributed by atoms with E-state index in [-0.39, 0.29) is 6.10 Å². The lowest BCUT2D eigenvalue weighted by Gasteiger charge is -2.23. The predicted octanol–water partition coefficient (Wildman–Crippen LogP) is 4.23. The van der Waals surface area contributed by atoms with Crippen molar-refractivity contribution >= 4 is 5.57 Å². The van der Waals surface area contributed by atoms with Gasteiger partial charge in [-0.1, -0.05) is 66.7 Å². The van der Waals surface area contributed by atoms with Crippen LogP contribution in [-0.2, 0) is 4.74 Å². The minimum absolute atomic E-state index is 0.207. The lowest BCUT2D eigenvalue weighted by Crippen LogP contribution is -2.11. The van der Waals surface area contributed by atoms with Crippen LogP contribution in [0.2, 0.25) is 0 Å². The fourth-order valence-electron chi connectivity index (χ4n) is 2.32. The Morgan fingerprint density at radius 1 is 0.833 bits per heavy atom. The zero-order valence-electron chi connectivity index (χ0n) is 10.3. The van der Waals surface area contributed by atoms with Gasteiger partial charge in [0.15, 0.2) is 0 Å². The van der Waals surface area contributed by atoms with Gasteiger partial charge in [0, 0.05) is 0 Å². The van der Waals surface area contributed by atoms with Gasteiger partial charge in [0.25, 0.3) is 0 Å². The van der Waals surface area contributed by atoms with Gasteiger partial charge in [-0.15, -0.1) is 0 Å². The molecule has 1 heteroatoms. The molecule has 0 bridgehead atoms. The molecule has 0 saturated carbocycles. The highest BCUT2D eigenvalue weighted by molar-refractivity contribution is 5.66. The molecule has 0 aliphatic carbocycles. The van der Waals surface area contributed by atoms with Crippen molar-refractivity contribution in [2.45, 2.75) is 12.5 Å². The average molecular weight is 236 g/mol. The van der Waals surface area contributed by atoms with Crippen LogP contribution in [0.5, 0.6) is 0 Å². The molecule has 0 radical (unpaired) electrons. The van der Waals surface area contributed by atoms with Crippen LogP contribution < -0.4 is 0 Å². The van der Waals surface area contributed by atoms with E-state index in [2.05, 4.69) is 54.6 Å². The number of ether oxygens (including phenoxy) is 1. The maximum Gasteiger partial charge on any atom is 0.0864 e. The lowest BCUT2D eigenvalue weighted by atomic mass is 9.99. The largest absolute Gasteiger partial charge is 0.369 e. The molecule has 0 N–H and O–H groups in total. The van der Waals surface area contributed by atoms with E-state index < -0.39 is 0 Å². The molecule has 3 rings (SSSR count). The Morgan fingerprint density at radius 2 is 1.50 bits per heavy atom. The Kier molecular flexibility index (Phi) is 3.24. The van der Waals surface area contributed by atoms with Crippen LogP contribution in [-0.4, -0.2) is 6.61 Å². The van der Waals surface area contributed by atoms with Gasteiger partial charge in [-0.25, -0.2) is 0 Å². The first kappa shape index (κ1) is 11.2. The van der Waals surface area contributed by atoms with Gasteiger partial charge in [-0.05, 0) is 23.1 Å². The normalized spacial score (nSPS) is 19.3. The summed E-state index contributed by atoms with van der Waals surface area (Å²) < 4.78 is 5.96. The summed E-state index contributed by atoms with van der Waals surface area (Å²) in [5, 5.41) is 0. The van der Waals surface area contributed by atoms with E-state index in [1.54, 1.807) is 0 Å². The molecule has 1 heterocycles. The van der Waals surface area contributed by atoms with Crippen molar-refractivity contribution < 1.29 is 4.74 Å². The molecule has 1 nitrogen and oxygen atoms in total. The van der Waals surface area contributed by atoms with Gasteiger partial charge in [-0.2, -0.15) is 0 Å². The Balaban J connectivity index is 1.76. The molecule has 2 aromatic rings. The first-order chi connectivity index (χ1) is 8.93. The molecule has 90 valence electrons. The highest BCUT2D eigenvalue weighted by Crippen LogP contribution is 2.30. The molecule has 0 amide bonds. The number of rotatable bonds is 2. The smallest absolute Gasteiger partial charge is 0.0864 e. The second-order valence-electron chi connectivity index (χ2n) is 4.54. The molecule has 2 aromatic carbocycles. The molecule has 18 heavy (non-hydrogen) atoms. The zero-order chi connectivity index (χ0) is 12.2. The van der Waals surface area contributed by atoms with Gasteiger partial charge >= 0.3 is 0 Å². The summed E-state index contributed by atoms with van der Waals surface area (Å²) in [6.07, 6.45) is 3.46. The summed E-state index contributed by atoms with van der Waals surface area (Å²) in [6, 6.07) is 20.9. The van der Waals surface area contributed by atoms with Crippen molar-refractivity contribution in [3.05, 3.63) is 77.9 Å². The van der Waals surface area contributed by atoms with Crippen molar-refractivity contribution in [2.24, 2.45) is 0 Å². The van der Waals surface area contributed by atoms with Crippen LogP contribution >= 0.6 is 0 Å². The predicted molar refractivity (Wildman–Crippen MR) is 74.2 cm³/mol. The topological polar surface area (TPSA) is 9.23 Å². The first-order valence-electron chi connectivity index (χ1n) is 6.34. The van der Waals surface area contributed by atoms with Gasteiger partial charge in [-0.3, -0.25) is 0 Å². The van der Waals surface area contributed by atoms with Crippen molar-refractivity contribution in [3.63, 3.8) is 0 Å². The summed E-state index contributed by atoms with van der Waals surface area (Å²) in [6.45, 7) is 0.698. The molecule has 1 atom stereocenters. The molecule has 1 unspecified atom stereocenters. The summed E-state index contributed by atoms with van der Waals surface area (Å²) in [5.74, 6) is 0. The Morgan fingerprint density at radius 3 is 2.11 bits per heavy atom. The summed E-state index contributed by atoms with van der Waals surface area (Å²) in [5.41, 5.74) is 3.83.